The zero-order valence-corrected chi connectivity index (χ0v) is 7.08. The van der Waals surface area contributed by atoms with Crippen LogP contribution in [0.25, 0.3) is 0 Å². The maximum absolute atomic E-state index is 10.7. The lowest BCUT2D eigenvalue weighted by Gasteiger charge is -2.00. The minimum absolute atomic E-state index is 0.0227. The van der Waals surface area contributed by atoms with Crippen LogP contribution in [-0.4, -0.2) is 21.8 Å². The van der Waals surface area contributed by atoms with Crippen LogP contribution >= 0.6 is 11.6 Å². The van der Waals surface area contributed by atoms with E-state index in [1.807, 2.05) is 0 Å². The highest BCUT2D eigenvalue weighted by Crippen LogP contribution is 1.89. The molecule has 12 heavy (non-hydrogen) atoms. The number of amides is 1. The van der Waals surface area contributed by atoms with E-state index in [-0.39, 0.29) is 11.8 Å². The maximum Gasteiger partial charge on any atom is 0.235 e. The van der Waals surface area contributed by atoms with E-state index in [0.717, 1.165) is 5.69 Å². The summed E-state index contributed by atoms with van der Waals surface area (Å²) in [7, 11) is 0. The van der Waals surface area contributed by atoms with Crippen LogP contribution in [0.5, 0.6) is 0 Å². The largest absolute Gasteiger partial charge is 0.349 e. The predicted molar refractivity (Wildman–Crippen MR) is 44.6 cm³/mol. The van der Waals surface area contributed by atoms with Gasteiger partial charge in [0, 0.05) is 6.20 Å². The SMILES string of the molecule is O=C(CCl)NCc1ccncn1. The van der Waals surface area contributed by atoms with Crippen molar-refractivity contribution in [1.82, 2.24) is 15.3 Å². The molecule has 0 fully saturated rings. The second-order valence-corrected chi connectivity index (χ2v) is 2.38. The lowest BCUT2D eigenvalue weighted by Crippen LogP contribution is -2.24. The normalized spacial score (nSPS) is 9.42. The van der Waals surface area contributed by atoms with Gasteiger partial charge in [-0.05, 0) is 6.07 Å². The minimum Gasteiger partial charge on any atom is -0.349 e. The zero-order valence-electron chi connectivity index (χ0n) is 6.33. The molecule has 0 aromatic carbocycles. The summed E-state index contributed by atoms with van der Waals surface area (Å²) in [5.41, 5.74) is 0.767. The summed E-state index contributed by atoms with van der Waals surface area (Å²) >= 11 is 5.27. The number of nitrogens with zero attached hydrogens (tertiary/aromatic N) is 2. The Bertz CT molecular complexity index is 252. The molecule has 1 rings (SSSR count). The molecule has 1 aromatic rings. The van der Waals surface area contributed by atoms with E-state index in [9.17, 15) is 4.79 Å². The first-order chi connectivity index (χ1) is 5.83. The Balaban J connectivity index is 2.38. The van der Waals surface area contributed by atoms with Crippen molar-refractivity contribution in [2.45, 2.75) is 6.54 Å². The third-order valence-electron chi connectivity index (χ3n) is 1.23. The fraction of sp³-hybridized carbons (Fsp3) is 0.286. The van der Waals surface area contributed by atoms with Crippen LogP contribution in [0.4, 0.5) is 0 Å². The molecule has 0 saturated carbocycles. The monoisotopic (exact) mass is 185 g/mol. The van der Waals surface area contributed by atoms with Crippen molar-refractivity contribution in [3.05, 3.63) is 24.3 Å². The van der Waals surface area contributed by atoms with Crippen LogP contribution in [0, 0.1) is 0 Å². The van der Waals surface area contributed by atoms with E-state index in [4.69, 9.17) is 11.6 Å². The van der Waals surface area contributed by atoms with Crippen molar-refractivity contribution in [3.63, 3.8) is 0 Å². The minimum atomic E-state index is -0.199. The number of alkyl halides is 1. The van der Waals surface area contributed by atoms with Crippen LogP contribution < -0.4 is 5.32 Å². The number of hydrogen-bond donors (Lipinski definition) is 1. The van der Waals surface area contributed by atoms with E-state index < -0.39 is 0 Å². The molecule has 64 valence electrons. The standard InChI is InChI=1S/C7H8ClN3O/c8-3-7(12)10-4-6-1-2-9-5-11-6/h1-2,5H,3-4H2,(H,10,12). The number of nitrogens with one attached hydrogen (secondary N) is 1. The molecular weight excluding hydrogens is 178 g/mol. The number of aromatic nitrogens is 2. The van der Waals surface area contributed by atoms with Gasteiger partial charge in [-0.25, -0.2) is 9.97 Å². The molecule has 1 heterocycles. The molecule has 0 bridgehead atoms. The van der Waals surface area contributed by atoms with Crippen LogP contribution in [-0.2, 0) is 11.3 Å². The molecule has 1 amide bonds. The number of carbonyl (C=O) groups is 1. The second kappa shape index (κ2) is 4.66. The fourth-order valence-corrected chi connectivity index (χ4v) is 0.754. The molecule has 0 spiro atoms. The Morgan fingerprint density at radius 3 is 3.08 bits per heavy atom. The average molecular weight is 186 g/mol. The molecule has 0 unspecified atom stereocenters. The van der Waals surface area contributed by atoms with Gasteiger partial charge in [-0.1, -0.05) is 0 Å². The molecule has 0 aliphatic carbocycles. The molecule has 0 radical (unpaired) electrons. The van der Waals surface area contributed by atoms with Crippen LogP contribution in [0.2, 0.25) is 0 Å². The zero-order chi connectivity index (χ0) is 8.81. The highest BCUT2D eigenvalue weighted by atomic mass is 35.5. The summed E-state index contributed by atoms with van der Waals surface area (Å²) in [4.78, 5) is 18.4. The lowest BCUT2D eigenvalue weighted by atomic mass is 10.4. The van der Waals surface area contributed by atoms with E-state index in [1.165, 1.54) is 6.33 Å². The van der Waals surface area contributed by atoms with Crippen LogP contribution in [0.3, 0.4) is 0 Å². The Morgan fingerprint density at radius 1 is 1.67 bits per heavy atom. The number of hydrogen-bond acceptors (Lipinski definition) is 3. The topological polar surface area (TPSA) is 54.9 Å². The van der Waals surface area contributed by atoms with E-state index >= 15 is 0 Å². The highest BCUT2D eigenvalue weighted by molar-refractivity contribution is 6.27. The van der Waals surface area contributed by atoms with Crippen molar-refractivity contribution in [3.8, 4) is 0 Å². The average Bonchev–Trinajstić information content (AvgIpc) is 2.16. The molecule has 5 heteroatoms. The van der Waals surface area contributed by atoms with Gasteiger partial charge in [-0.2, -0.15) is 0 Å². The summed E-state index contributed by atoms with van der Waals surface area (Å²) in [6.45, 7) is 0.397. The van der Waals surface area contributed by atoms with E-state index in [0.29, 0.717) is 6.54 Å². The van der Waals surface area contributed by atoms with Crippen molar-refractivity contribution in [2.75, 3.05) is 5.88 Å². The molecule has 1 aromatic heterocycles. The molecule has 4 nitrogen and oxygen atoms in total. The fourth-order valence-electron chi connectivity index (χ4n) is 0.659. The second-order valence-electron chi connectivity index (χ2n) is 2.11. The van der Waals surface area contributed by atoms with E-state index in [1.54, 1.807) is 12.3 Å². The Hall–Kier alpha value is -1.16. The summed E-state index contributed by atoms with van der Waals surface area (Å²) < 4.78 is 0. The smallest absolute Gasteiger partial charge is 0.235 e. The highest BCUT2D eigenvalue weighted by Gasteiger charge is 1.97. The predicted octanol–water partition coefficient (Wildman–Crippen LogP) is 0.332. The van der Waals surface area contributed by atoms with Gasteiger partial charge in [-0.3, -0.25) is 4.79 Å². The van der Waals surface area contributed by atoms with E-state index in [2.05, 4.69) is 15.3 Å². The maximum atomic E-state index is 10.7. The first kappa shape index (κ1) is 8.93. The van der Waals surface area contributed by atoms with Gasteiger partial charge in [0.25, 0.3) is 0 Å². The Labute approximate surface area is 75.0 Å². The van der Waals surface area contributed by atoms with Crippen molar-refractivity contribution in [2.24, 2.45) is 0 Å². The van der Waals surface area contributed by atoms with Crippen molar-refractivity contribution >= 4 is 17.5 Å². The van der Waals surface area contributed by atoms with Gasteiger partial charge in [0.2, 0.25) is 5.91 Å². The molecule has 0 aliphatic heterocycles. The molecule has 0 atom stereocenters. The third kappa shape index (κ3) is 2.84. The summed E-state index contributed by atoms with van der Waals surface area (Å²) in [6, 6.07) is 1.73. The summed E-state index contributed by atoms with van der Waals surface area (Å²) in [6.07, 6.45) is 3.05. The van der Waals surface area contributed by atoms with Gasteiger partial charge >= 0.3 is 0 Å². The van der Waals surface area contributed by atoms with Gasteiger partial charge in [0.05, 0.1) is 12.2 Å². The van der Waals surface area contributed by atoms with Crippen LogP contribution in [0.15, 0.2) is 18.6 Å². The lowest BCUT2D eigenvalue weighted by molar-refractivity contribution is -0.118. The van der Waals surface area contributed by atoms with Gasteiger partial charge < -0.3 is 5.32 Å². The summed E-state index contributed by atoms with van der Waals surface area (Å²) in [5, 5.41) is 2.59. The number of carbonyl (C=O) groups excluding carboxylic acids is 1. The van der Waals surface area contributed by atoms with Gasteiger partial charge in [-0.15, -0.1) is 11.6 Å². The van der Waals surface area contributed by atoms with Gasteiger partial charge in [0.15, 0.2) is 0 Å². The Kier molecular flexibility index (Phi) is 3.47. The van der Waals surface area contributed by atoms with Crippen molar-refractivity contribution < 1.29 is 4.79 Å². The van der Waals surface area contributed by atoms with Gasteiger partial charge in [0.1, 0.15) is 12.2 Å². The quantitative estimate of drug-likeness (QED) is 0.691. The molecular formula is C7H8ClN3O. The molecule has 1 N–H and O–H groups in total. The molecule has 0 aliphatic rings. The summed E-state index contributed by atoms with van der Waals surface area (Å²) in [5.74, 6) is -0.222. The first-order valence-corrected chi connectivity index (χ1v) is 3.94. The Morgan fingerprint density at radius 2 is 2.50 bits per heavy atom. The number of halogens is 1. The first-order valence-electron chi connectivity index (χ1n) is 3.40. The number of rotatable bonds is 3. The molecule has 0 saturated heterocycles. The third-order valence-corrected chi connectivity index (χ3v) is 1.47. The van der Waals surface area contributed by atoms with Crippen molar-refractivity contribution in [1.29, 1.82) is 0 Å². The van der Waals surface area contributed by atoms with Crippen LogP contribution in [0.1, 0.15) is 5.69 Å².